The topological polar surface area (TPSA) is 12.9 Å². The number of thiazole rings is 1. The molecule has 0 aliphatic carbocycles. The van der Waals surface area contributed by atoms with Gasteiger partial charge in [-0.1, -0.05) is 38.1 Å². The van der Waals surface area contributed by atoms with Gasteiger partial charge in [-0.15, -0.1) is 11.3 Å². The van der Waals surface area contributed by atoms with Crippen molar-refractivity contribution in [2.24, 2.45) is 0 Å². The molecule has 0 atom stereocenters. The summed E-state index contributed by atoms with van der Waals surface area (Å²) in [7, 11) is 0. The van der Waals surface area contributed by atoms with E-state index in [4.69, 9.17) is 0 Å². The van der Waals surface area contributed by atoms with E-state index in [0.29, 0.717) is 5.92 Å². The Bertz CT molecular complexity index is 440. The molecule has 1 aromatic heterocycles. The van der Waals surface area contributed by atoms with Gasteiger partial charge in [0.1, 0.15) is 5.01 Å². The monoisotopic (exact) mass is 217 g/mol. The Morgan fingerprint density at radius 3 is 2.27 bits per heavy atom. The molecule has 15 heavy (non-hydrogen) atoms. The number of aryl methyl sites for hydroxylation is 1. The predicted octanol–water partition coefficient (Wildman–Crippen LogP) is 4.24. The molecule has 1 nitrogen and oxygen atoms in total. The third-order valence-corrected chi connectivity index (χ3v) is 3.41. The van der Waals surface area contributed by atoms with Crippen LogP contribution in [0.5, 0.6) is 0 Å². The fourth-order valence-electron chi connectivity index (χ4n) is 1.50. The van der Waals surface area contributed by atoms with Crippen molar-refractivity contribution < 1.29 is 0 Å². The normalized spacial score (nSPS) is 10.9. The third-order valence-electron chi connectivity index (χ3n) is 2.45. The summed E-state index contributed by atoms with van der Waals surface area (Å²) in [6.45, 7) is 6.51. The van der Waals surface area contributed by atoms with Crippen LogP contribution in [0.1, 0.15) is 30.2 Å². The van der Waals surface area contributed by atoms with Crippen molar-refractivity contribution in [1.29, 1.82) is 0 Å². The Morgan fingerprint density at radius 1 is 1.13 bits per heavy atom. The van der Waals surface area contributed by atoms with Crippen molar-refractivity contribution in [3.8, 4) is 10.6 Å². The van der Waals surface area contributed by atoms with Crippen molar-refractivity contribution in [3.05, 3.63) is 40.9 Å². The van der Waals surface area contributed by atoms with Crippen LogP contribution in [0.25, 0.3) is 10.6 Å². The fraction of sp³-hybridized carbons (Fsp3) is 0.308. The Morgan fingerprint density at radius 2 is 1.80 bits per heavy atom. The zero-order valence-corrected chi connectivity index (χ0v) is 10.1. The van der Waals surface area contributed by atoms with Crippen LogP contribution < -0.4 is 0 Å². The van der Waals surface area contributed by atoms with Crippen LogP contribution in [-0.4, -0.2) is 4.98 Å². The van der Waals surface area contributed by atoms with Gasteiger partial charge in [0.25, 0.3) is 0 Å². The van der Waals surface area contributed by atoms with Crippen LogP contribution in [-0.2, 0) is 0 Å². The Hall–Kier alpha value is -1.15. The van der Waals surface area contributed by atoms with E-state index in [1.807, 2.05) is 6.20 Å². The highest BCUT2D eigenvalue weighted by Crippen LogP contribution is 2.26. The van der Waals surface area contributed by atoms with Crippen LogP contribution in [0.4, 0.5) is 0 Å². The average Bonchev–Trinajstić information content (AvgIpc) is 2.65. The largest absolute Gasteiger partial charge is 0.244 e. The molecule has 0 aliphatic rings. The van der Waals surface area contributed by atoms with Gasteiger partial charge in [0.15, 0.2) is 0 Å². The second-order valence-electron chi connectivity index (χ2n) is 4.05. The minimum atomic E-state index is 0.595. The Balaban J connectivity index is 2.31. The lowest BCUT2D eigenvalue weighted by Crippen LogP contribution is -1.86. The summed E-state index contributed by atoms with van der Waals surface area (Å²) in [5.41, 5.74) is 2.60. The highest BCUT2D eigenvalue weighted by molar-refractivity contribution is 7.14. The summed E-state index contributed by atoms with van der Waals surface area (Å²) in [6, 6.07) is 8.70. The van der Waals surface area contributed by atoms with E-state index in [1.165, 1.54) is 16.0 Å². The molecule has 0 N–H and O–H groups in total. The molecule has 0 saturated heterocycles. The van der Waals surface area contributed by atoms with Crippen molar-refractivity contribution in [2.75, 3.05) is 0 Å². The molecule has 1 heterocycles. The van der Waals surface area contributed by atoms with Gasteiger partial charge >= 0.3 is 0 Å². The average molecular weight is 217 g/mol. The Kier molecular flexibility index (Phi) is 2.87. The molecule has 78 valence electrons. The first-order chi connectivity index (χ1) is 7.16. The molecule has 0 radical (unpaired) electrons. The lowest BCUT2D eigenvalue weighted by Gasteiger charge is -2.05. The fourth-order valence-corrected chi connectivity index (χ4v) is 2.27. The standard InChI is InChI=1S/C13H15NS/c1-9(2)11-4-6-12(7-5-11)13-14-8-10(3)15-13/h4-9H,1-3H3. The van der Waals surface area contributed by atoms with Crippen molar-refractivity contribution in [3.63, 3.8) is 0 Å². The molecule has 2 heteroatoms. The zero-order chi connectivity index (χ0) is 10.8. The predicted molar refractivity (Wildman–Crippen MR) is 66.4 cm³/mol. The van der Waals surface area contributed by atoms with E-state index in [0.717, 1.165) is 5.01 Å². The molecule has 0 amide bonds. The number of aromatic nitrogens is 1. The Labute approximate surface area is 94.8 Å². The van der Waals surface area contributed by atoms with E-state index in [1.54, 1.807) is 11.3 Å². The van der Waals surface area contributed by atoms with E-state index < -0.39 is 0 Å². The zero-order valence-electron chi connectivity index (χ0n) is 9.32. The van der Waals surface area contributed by atoms with E-state index in [9.17, 15) is 0 Å². The number of hydrogen-bond donors (Lipinski definition) is 0. The van der Waals surface area contributed by atoms with Gasteiger partial charge in [-0.25, -0.2) is 4.98 Å². The molecule has 0 fully saturated rings. The second-order valence-corrected chi connectivity index (χ2v) is 5.29. The number of benzene rings is 1. The molecular formula is C13H15NS. The summed E-state index contributed by atoms with van der Waals surface area (Å²) < 4.78 is 0. The highest BCUT2D eigenvalue weighted by atomic mass is 32.1. The van der Waals surface area contributed by atoms with Crippen LogP contribution in [0.3, 0.4) is 0 Å². The minimum absolute atomic E-state index is 0.595. The van der Waals surface area contributed by atoms with E-state index in [2.05, 4.69) is 50.0 Å². The maximum Gasteiger partial charge on any atom is 0.123 e. The summed E-state index contributed by atoms with van der Waals surface area (Å²) in [5, 5.41) is 1.11. The van der Waals surface area contributed by atoms with Crippen molar-refractivity contribution >= 4 is 11.3 Å². The van der Waals surface area contributed by atoms with Crippen molar-refractivity contribution in [2.45, 2.75) is 26.7 Å². The number of nitrogens with zero attached hydrogens (tertiary/aromatic N) is 1. The first-order valence-corrected chi connectivity index (χ1v) is 6.01. The summed E-state index contributed by atoms with van der Waals surface area (Å²) in [4.78, 5) is 5.64. The molecule has 0 aliphatic heterocycles. The molecular weight excluding hydrogens is 202 g/mol. The van der Waals surface area contributed by atoms with Crippen LogP contribution >= 0.6 is 11.3 Å². The van der Waals surface area contributed by atoms with Gasteiger partial charge in [0, 0.05) is 16.6 Å². The molecule has 2 rings (SSSR count). The van der Waals surface area contributed by atoms with Gasteiger partial charge in [0.05, 0.1) is 0 Å². The number of rotatable bonds is 2. The summed E-state index contributed by atoms with van der Waals surface area (Å²) >= 11 is 1.74. The van der Waals surface area contributed by atoms with Crippen molar-refractivity contribution in [1.82, 2.24) is 4.98 Å². The van der Waals surface area contributed by atoms with E-state index in [-0.39, 0.29) is 0 Å². The van der Waals surface area contributed by atoms with Crippen LogP contribution in [0.2, 0.25) is 0 Å². The molecule has 0 saturated carbocycles. The lowest BCUT2D eigenvalue weighted by atomic mass is 10.0. The van der Waals surface area contributed by atoms with Gasteiger partial charge in [0.2, 0.25) is 0 Å². The SMILES string of the molecule is Cc1cnc(-c2ccc(C(C)C)cc2)s1. The maximum atomic E-state index is 4.38. The first-order valence-electron chi connectivity index (χ1n) is 5.19. The van der Waals surface area contributed by atoms with E-state index >= 15 is 0 Å². The number of hydrogen-bond acceptors (Lipinski definition) is 2. The molecule has 0 spiro atoms. The highest BCUT2D eigenvalue weighted by Gasteiger charge is 2.03. The lowest BCUT2D eigenvalue weighted by molar-refractivity contribution is 0.867. The maximum absolute atomic E-state index is 4.38. The van der Waals surface area contributed by atoms with Crippen LogP contribution in [0, 0.1) is 6.92 Å². The first kappa shape index (κ1) is 10.4. The molecule has 0 unspecified atom stereocenters. The second kappa shape index (κ2) is 4.15. The quantitative estimate of drug-likeness (QED) is 0.733. The third kappa shape index (κ3) is 2.26. The van der Waals surface area contributed by atoms with Gasteiger partial charge < -0.3 is 0 Å². The van der Waals surface area contributed by atoms with Gasteiger partial charge in [-0.05, 0) is 18.4 Å². The minimum Gasteiger partial charge on any atom is -0.244 e. The summed E-state index contributed by atoms with van der Waals surface area (Å²) in [6.07, 6.45) is 1.93. The van der Waals surface area contributed by atoms with Gasteiger partial charge in [-0.3, -0.25) is 0 Å². The van der Waals surface area contributed by atoms with Crippen LogP contribution in [0.15, 0.2) is 30.5 Å². The van der Waals surface area contributed by atoms with Gasteiger partial charge in [-0.2, -0.15) is 0 Å². The smallest absolute Gasteiger partial charge is 0.123 e. The molecule has 0 bridgehead atoms. The molecule has 1 aromatic carbocycles. The summed E-state index contributed by atoms with van der Waals surface area (Å²) in [5.74, 6) is 0.595. The molecule has 2 aromatic rings.